The Labute approximate surface area is 177 Å². The number of carboxylic acid groups (broad SMARTS) is 1. The zero-order valence-electron chi connectivity index (χ0n) is 18.7. The molecule has 0 aromatic rings. The van der Waals surface area contributed by atoms with E-state index in [9.17, 15) is 19.2 Å². The van der Waals surface area contributed by atoms with Crippen molar-refractivity contribution < 1.29 is 24.3 Å². The predicted octanol–water partition coefficient (Wildman–Crippen LogP) is 6.07. The maximum Gasteiger partial charge on any atom is 0.306 e. The number of carbonyl (C=O) groups is 4. The van der Waals surface area contributed by atoms with E-state index >= 15 is 0 Å². The van der Waals surface area contributed by atoms with Crippen LogP contribution in [-0.2, 0) is 19.2 Å². The summed E-state index contributed by atoms with van der Waals surface area (Å²) in [5, 5.41) is 9.16. The molecule has 0 spiro atoms. The monoisotopic (exact) mass is 410 g/mol. The first-order valence-corrected chi connectivity index (χ1v) is 11.6. The highest BCUT2D eigenvalue weighted by molar-refractivity contribution is 5.84. The van der Waals surface area contributed by atoms with E-state index in [1.807, 2.05) is 0 Å². The average Bonchev–Trinajstić information content (AvgIpc) is 2.64. The van der Waals surface area contributed by atoms with E-state index in [1.165, 1.54) is 58.3 Å². The summed E-state index contributed by atoms with van der Waals surface area (Å²) >= 11 is 0. The van der Waals surface area contributed by atoms with Crippen molar-refractivity contribution in [3.05, 3.63) is 0 Å². The van der Waals surface area contributed by atoms with Crippen LogP contribution in [0.15, 0.2) is 0 Å². The quantitative estimate of drug-likeness (QED) is 0.232. The van der Waals surface area contributed by atoms with Crippen LogP contribution >= 0.6 is 0 Å². The summed E-state index contributed by atoms with van der Waals surface area (Å²) in [4.78, 5) is 45.0. The van der Waals surface area contributed by atoms with Crippen LogP contribution in [0.1, 0.15) is 123 Å². The SMILES string of the molecule is CC(=O)CCCCCCCCCCCCCCC(=O)C[C@@H](CCC(C)=O)C(=O)O. The molecule has 0 bridgehead atoms. The van der Waals surface area contributed by atoms with Crippen LogP contribution in [-0.4, -0.2) is 28.4 Å². The van der Waals surface area contributed by atoms with E-state index in [0.717, 1.165) is 32.1 Å². The standard InChI is InChI=1S/C24H42O5/c1-20(25)15-13-11-9-7-5-3-4-6-8-10-12-14-16-23(27)19-22(24(28)29)18-17-21(2)26/h22H,3-19H2,1-2H3,(H,28,29)/t22-/m1/s1. The highest BCUT2D eigenvalue weighted by Gasteiger charge is 2.21. The van der Waals surface area contributed by atoms with Gasteiger partial charge in [-0.3, -0.25) is 9.59 Å². The van der Waals surface area contributed by atoms with Crippen LogP contribution in [0.3, 0.4) is 0 Å². The fraction of sp³-hybridized carbons (Fsp3) is 0.833. The second-order valence-electron chi connectivity index (χ2n) is 8.46. The summed E-state index contributed by atoms with van der Waals surface area (Å²) in [6, 6.07) is 0. The zero-order valence-corrected chi connectivity index (χ0v) is 18.7. The second kappa shape index (κ2) is 18.5. The molecule has 1 atom stereocenters. The Bertz CT molecular complexity index is 484. The number of carboxylic acids is 1. The number of ketones is 3. The van der Waals surface area contributed by atoms with Gasteiger partial charge in [0.1, 0.15) is 17.3 Å². The topological polar surface area (TPSA) is 88.5 Å². The lowest BCUT2D eigenvalue weighted by Crippen LogP contribution is -2.18. The summed E-state index contributed by atoms with van der Waals surface area (Å²) in [5.74, 6) is -1.43. The number of Topliss-reactive ketones (excluding diaryl/α,β-unsaturated/α-hetero) is 3. The Kier molecular flexibility index (Phi) is 17.5. The maximum atomic E-state index is 12.0. The van der Waals surface area contributed by atoms with Crippen molar-refractivity contribution in [1.82, 2.24) is 0 Å². The van der Waals surface area contributed by atoms with Crippen LogP contribution in [0.4, 0.5) is 0 Å². The largest absolute Gasteiger partial charge is 0.481 e. The molecule has 0 amide bonds. The van der Waals surface area contributed by atoms with Gasteiger partial charge < -0.3 is 14.7 Å². The molecular formula is C24H42O5. The fourth-order valence-electron chi connectivity index (χ4n) is 3.53. The highest BCUT2D eigenvalue weighted by atomic mass is 16.4. The molecule has 0 heterocycles. The molecule has 0 saturated carbocycles. The molecule has 29 heavy (non-hydrogen) atoms. The second-order valence-corrected chi connectivity index (χ2v) is 8.46. The molecule has 168 valence electrons. The number of carbonyl (C=O) groups excluding carboxylic acids is 3. The Balaban J connectivity index is 3.48. The van der Waals surface area contributed by atoms with Crippen LogP contribution < -0.4 is 0 Å². The van der Waals surface area contributed by atoms with Gasteiger partial charge in [0.2, 0.25) is 0 Å². The van der Waals surface area contributed by atoms with Crippen molar-refractivity contribution in [3.8, 4) is 0 Å². The van der Waals surface area contributed by atoms with Gasteiger partial charge in [-0.05, 0) is 33.1 Å². The smallest absolute Gasteiger partial charge is 0.306 e. The molecule has 0 unspecified atom stereocenters. The average molecular weight is 411 g/mol. The molecule has 0 aliphatic rings. The van der Waals surface area contributed by atoms with E-state index < -0.39 is 11.9 Å². The van der Waals surface area contributed by atoms with Crippen LogP contribution in [0.5, 0.6) is 0 Å². The number of unbranched alkanes of at least 4 members (excludes halogenated alkanes) is 11. The molecule has 0 aliphatic heterocycles. The van der Waals surface area contributed by atoms with Gasteiger partial charge in [-0.2, -0.15) is 0 Å². The van der Waals surface area contributed by atoms with E-state index in [4.69, 9.17) is 5.11 Å². The lowest BCUT2D eigenvalue weighted by molar-refractivity contribution is -0.144. The number of aliphatic carboxylic acids is 1. The Morgan fingerprint density at radius 1 is 0.586 bits per heavy atom. The molecular weight excluding hydrogens is 368 g/mol. The lowest BCUT2D eigenvalue weighted by Gasteiger charge is -2.10. The molecule has 0 fully saturated rings. The Morgan fingerprint density at radius 2 is 0.966 bits per heavy atom. The molecule has 5 nitrogen and oxygen atoms in total. The molecule has 0 aromatic carbocycles. The zero-order chi connectivity index (χ0) is 21.9. The van der Waals surface area contributed by atoms with Crippen molar-refractivity contribution in [1.29, 1.82) is 0 Å². The molecule has 1 N–H and O–H groups in total. The van der Waals surface area contributed by atoms with Gasteiger partial charge in [0, 0.05) is 25.7 Å². The molecule has 5 heteroatoms. The Hall–Kier alpha value is -1.52. The van der Waals surface area contributed by atoms with Crippen molar-refractivity contribution in [2.75, 3.05) is 0 Å². The van der Waals surface area contributed by atoms with Gasteiger partial charge in [0.05, 0.1) is 5.92 Å². The normalized spacial score (nSPS) is 11.9. The van der Waals surface area contributed by atoms with Gasteiger partial charge in [0.15, 0.2) is 0 Å². The summed E-state index contributed by atoms with van der Waals surface area (Å²) in [6.45, 7) is 3.10. The minimum absolute atomic E-state index is 0.00394. The molecule has 0 aromatic heterocycles. The van der Waals surface area contributed by atoms with Gasteiger partial charge >= 0.3 is 5.97 Å². The van der Waals surface area contributed by atoms with E-state index in [-0.39, 0.29) is 30.8 Å². The minimum atomic E-state index is -0.976. The number of rotatable bonds is 21. The van der Waals surface area contributed by atoms with Crippen molar-refractivity contribution in [3.63, 3.8) is 0 Å². The third kappa shape index (κ3) is 19.6. The molecule has 0 rings (SSSR count). The fourth-order valence-corrected chi connectivity index (χ4v) is 3.53. The van der Waals surface area contributed by atoms with Crippen LogP contribution in [0.2, 0.25) is 0 Å². The number of hydrogen-bond donors (Lipinski definition) is 1. The highest BCUT2D eigenvalue weighted by Crippen LogP contribution is 2.16. The predicted molar refractivity (Wildman–Crippen MR) is 116 cm³/mol. The summed E-state index contributed by atoms with van der Waals surface area (Å²) < 4.78 is 0. The number of hydrogen-bond acceptors (Lipinski definition) is 4. The third-order valence-corrected chi connectivity index (χ3v) is 5.40. The third-order valence-electron chi connectivity index (χ3n) is 5.40. The first kappa shape index (κ1) is 27.5. The molecule has 0 saturated heterocycles. The summed E-state index contributed by atoms with van der Waals surface area (Å²) in [7, 11) is 0. The summed E-state index contributed by atoms with van der Waals surface area (Å²) in [6.07, 6.45) is 15.7. The van der Waals surface area contributed by atoms with E-state index in [1.54, 1.807) is 6.92 Å². The Morgan fingerprint density at radius 3 is 1.34 bits per heavy atom. The lowest BCUT2D eigenvalue weighted by atomic mass is 9.94. The maximum absolute atomic E-state index is 12.0. The van der Waals surface area contributed by atoms with Gasteiger partial charge in [-0.1, -0.05) is 64.2 Å². The first-order chi connectivity index (χ1) is 13.8. The first-order valence-electron chi connectivity index (χ1n) is 11.6. The van der Waals surface area contributed by atoms with Crippen molar-refractivity contribution in [2.45, 2.75) is 123 Å². The molecule has 0 radical (unpaired) electrons. The summed E-state index contributed by atoms with van der Waals surface area (Å²) in [5.41, 5.74) is 0. The van der Waals surface area contributed by atoms with Crippen LogP contribution in [0, 0.1) is 5.92 Å². The van der Waals surface area contributed by atoms with Crippen molar-refractivity contribution in [2.24, 2.45) is 5.92 Å². The van der Waals surface area contributed by atoms with Crippen LogP contribution in [0.25, 0.3) is 0 Å². The minimum Gasteiger partial charge on any atom is -0.481 e. The van der Waals surface area contributed by atoms with E-state index in [0.29, 0.717) is 12.2 Å². The van der Waals surface area contributed by atoms with Gasteiger partial charge in [0.25, 0.3) is 0 Å². The van der Waals surface area contributed by atoms with Gasteiger partial charge in [-0.25, -0.2) is 0 Å². The van der Waals surface area contributed by atoms with E-state index in [2.05, 4.69) is 0 Å². The molecule has 0 aliphatic carbocycles. The van der Waals surface area contributed by atoms with Crippen molar-refractivity contribution >= 4 is 23.3 Å². The van der Waals surface area contributed by atoms with Gasteiger partial charge in [-0.15, -0.1) is 0 Å².